The van der Waals surface area contributed by atoms with Crippen molar-refractivity contribution in [2.45, 2.75) is 13.0 Å². The Bertz CT molecular complexity index is 1130. The van der Waals surface area contributed by atoms with Gasteiger partial charge in [-0.25, -0.2) is 0 Å². The number of benzene rings is 3. The Kier molecular flexibility index (Phi) is 4.99. The highest BCUT2D eigenvalue weighted by atomic mass is 15.3. The van der Waals surface area contributed by atoms with Crippen LogP contribution in [0.4, 0.5) is 17.1 Å². The molecule has 0 spiro atoms. The molecular formula is C21H23N7. The third-order valence-corrected chi connectivity index (χ3v) is 4.52. The maximum absolute atomic E-state index is 4.50. The van der Waals surface area contributed by atoms with Crippen molar-refractivity contribution in [3.05, 3.63) is 54.6 Å². The molecule has 0 fully saturated rings. The van der Waals surface area contributed by atoms with E-state index in [0.717, 1.165) is 45.4 Å². The van der Waals surface area contributed by atoms with E-state index in [0.29, 0.717) is 6.04 Å². The van der Waals surface area contributed by atoms with Gasteiger partial charge in [0.2, 0.25) is 0 Å². The van der Waals surface area contributed by atoms with Crippen LogP contribution in [0.15, 0.2) is 64.8 Å². The van der Waals surface area contributed by atoms with E-state index in [2.05, 4.69) is 75.1 Å². The highest BCUT2D eigenvalue weighted by molar-refractivity contribution is 6.00. The Labute approximate surface area is 163 Å². The van der Waals surface area contributed by atoms with E-state index in [1.165, 1.54) is 0 Å². The standard InChI is InChI=1S/C21H23N7/c1-14(13-28(2)3)22-18-10-11-19(17-7-5-4-6-16(17)18)24-23-15-8-9-20-21(12-15)26-27-25-20/h4-12,14,22H,13H2,1-3H3,(H,25,26,27). The molecule has 0 radical (unpaired) electrons. The summed E-state index contributed by atoms with van der Waals surface area (Å²) in [5.41, 5.74) is 4.27. The quantitative estimate of drug-likeness (QED) is 0.472. The van der Waals surface area contributed by atoms with Crippen LogP contribution in [0.25, 0.3) is 21.8 Å². The Balaban J connectivity index is 1.65. The van der Waals surface area contributed by atoms with Gasteiger partial charge in [-0.2, -0.15) is 20.5 Å². The maximum Gasteiger partial charge on any atom is 0.115 e. The van der Waals surface area contributed by atoms with E-state index >= 15 is 0 Å². The molecule has 1 aromatic heterocycles. The molecule has 0 aliphatic rings. The molecule has 7 heteroatoms. The summed E-state index contributed by atoms with van der Waals surface area (Å²) < 4.78 is 0. The van der Waals surface area contributed by atoms with Crippen molar-refractivity contribution in [3.63, 3.8) is 0 Å². The zero-order chi connectivity index (χ0) is 19.5. The minimum Gasteiger partial charge on any atom is -0.381 e. The molecule has 2 N–H and O–H groups in total. The first-order valence-corrected chi connectivity index (χ1v) is 9.25. The topological polar surface area (TPSA) is 81.6 Å². The molecule has 0 saturated heterocycles. The number of rotatable bonds is 6. The number of fused-ring (bicyclic) bond motifs is 2. The van der Waals surface area contributed by atoms with Crippen LogP contribution in [0.1, 0.15) is 6.92 Å². The molecule has 0 amide bonds. The molecule has 1 heterocycles. The van der Waals surface area contributed by atoms with Crippen molar-refractivity contribution >= 4 is 38.9 Å². The number of nitrogens with zero attached hydrogens (tertiary/aromatic N) is 5. The minimum atomic E-state index is 0.333. The summed E-state index contributed by atoms with van der Waals surface area (Å²) in [7, 11) is 4.16. The SMILES string of the molecule is CC(CN(C)C)Nc1ccc(N=Nc2ccc3n[nH]nc3c2)c2ccccc12. The molecule has 4 aromatic rings. The second-order valence-corrected chi connectivity index (χ2v) is 7.18. The van der Waals surface area contributed by atoms with E-state index in [-0.39, 0.29) is 0 Å². The first-order valence-electron chi connectivity index (χ1n) is 9.25. The van der Waals surface area contributed by atoms with Gasteiger partial charge >= 0.3 is 0 Å². The number of aromatic amines is 1. The highest BCUT2D eigenvalue weighted by Crippen LogP contribution is 2.33. The number of likely N-dealkylation sites (N-methyl/N-ethyl adjacent to an activating group) is 1. The van der Waals surface area contributed by atoms with Gasteiger partial charge in [0.25, 0.3) is 0 Å². The van der Waals surface area contributed by atoms with Gasteiger partial charge in [0.05, 0.1) is 11.4 Å². The van der Waals surface area contributed by atoms with Crippen LogP contribution >= 0.6 is 0 Å². The molecule has 1 atom stereocenters. The van der Waals surface area contributed by atoms with Crippen LogP contribution in [0, 0.1) is 0 Å². The van der Waals surface area contributed by atoms with Crippen LogP contribution in [0.2, 0.25) is 0 Å². The van der Waals surface area contributed by atoms with Gasteiger partial charge in [-0.15, -0.1) is 5.11 Å². The fourth-order valence-electron chi connectivity index (χ4n) is 3.36. The summed E-state index contributed by atoms with van der Waals surface area (Å²) in [5, 5.41) is 25.5. The minimum absolute atomic E-state index is 0.333. The first kappa shape index (κ1) is 18.1. The first-order chi connectivity index (χ1) is 13.6. The zero-order valence-electron chi connectivity index (χ0n) is 16.2. The summed E-state index contributed by atoms with van der Waals surface area (Å²) in [6.45, 7) is 3.14. The lowest BCUT2D eigenvalue weighted by molar-refractivity contribution is 0.392. The van der Waals surface area contributed by atoms with Gasteiger partial charge in [0, 0.05) is 29.0 Å². The van der Waals surface area contributed by atoms with Crippen molar-refractivity contribution < 1.29 is 0 Å². The van der Waals surface area contributed by atoms with Gasteiger partial charge in [0.1, 0.15) is 11.0 Å². The van der Waals surface area contributed by atoms with Gasteiger partial charge < -0.3 is 10.2 Å². The number of nitrogens with one attached hydrogen (secondary N) is 2. The largest absolute Gasteiger partial charge is 0.381 e. The normalized spacial score (nSPS) is 13.0. The van der Waals surface area contributed by atoms with Crippen molar-refractivity contribution in [1.29, 1.82) is 0 Å². The average molecular weight is 373 g/mol. The van der Waals surface area contributed by atoms with Crippen molar-refractivity contribution in [1.82, 2.24) is 20.3 Å². The fraction of sp³-hybridized carbons (Fsp3) is 0.238. The second kappa shape index (κ2) is 7.74. The predicted octanol–water partition coefficient (Wildman–Crippen LogP) is 4.89. The molecule has 0 bridgehead atoms. The van der Waals surface area contributed by atoms with Crippen LogP contribution in [-0.4, -0.2) is 47.0 Å². The average Bonchev–Trinajstić information content (AvgIpc) is 3.14. The Morgan fingerprint density at radius 3 is 2.57 bits per heavy atom. The van der Waals surface area contributed by atoms with Crippen LogP contribution in [0.3, 0.4) is 0 Å². The summed E-state index contributed by atoms with van der Waals surface area (Å²) in [6, 6.07) is 18.3. The van der Waals surface area contributed by atoms with E-state index in [1.54, 1.807) is 0 Å². The van der Waals surface area contributed by atoms with Crippen molar-refractivity contribution in [2.24, 2.45) is 10.2 Å². The molecule has 0 saturated carbocycles. The number of azo groups is 1. The lowest BCUT2D eigenvalue weighted by Crippen LogP contribution is -2.29. The Hall–Kier alpha value is -3.32. The summed E-state index contributed by atoms with van der Waals surface area (Å²) in [5.74, 6) is 0. The van der Waals surface area contributed by atoms with E-state index < -0.39 is 0 Å². The molecule has 3 aromatic carbocycles. The van der Waals surface area contributed by atoms with Crippen molar-refractivity contribution in [3.8, 4) is 0 Å². The van der Waals surface area contributed by atoms with Gasteiger partial charge in [-0.1, -0.05) is 24.3 Å². The zero-order valence-corrected chi connectivity index (χ0v) is 16.2. The molecule has 28 heavy (non-hydrogen) atoms. The maximum atomic E-state index is 4.50. The third kappa shape index (κ3) is 3.84. The molecule has 7 nitrogen and oxygen atoms in total. The van der Waals surface area contributed by atoms with Crippen LogP contribution < -0.4 is 5.32 Å². The lowest BCUT2D eigenvalue weighted by Gasteiger charge is -2.20. The monoisotopic (exact) mass is 373 g/mol. The molecular weight excluding hydrogens is 350 g/mol. The van der Waals surface area contributed by atoms with Crippen LogP contribution in [-0.2, 0) is 0 Å². The van der Waals surface area contributed by atoms with Gasteiger partial charge in [0.15, 0.2) is 0 Å². The number of hydrogen-bond donors (Lipinski definition) is 2. The molecule has 1 unspecified atom stereocenters. The lowest BCUT2D eigenvalue weighted by atomic mass is 10.1. The molecule has 4 rings (SSSR count). The fourth-order valence-corrected chi connectivity index (χ4v) is 3.36. The summed E-state index contributed by atoms with van der Waals surface area (Å²) in [4.78, 5) is 2.17. The van der Waals surface area contributed by atoms with Gasteiger partial charge in [-0.05, 0) is 51.4 Å². The van der Waals surface area contributed by atoms with Crippen molar-refractivity contribution in [2.75, 3.05) is 26.0 Å². The predicted molar refractivity (Wildman–Crippen MR) is 114 cm³/mol. The Morgan fingerprint density at radius 2 is 1.75 bits per heavy atom. The number of aromatic nitrogens is 3. The van der Waals surface area contributed by atoms with E-state index in [4.69, 9.17) is 0 Å². The van der Waals surface area contributed by atoms with E-state index in [9.17, 15) is 0 Å². The summed E-state index contributed by atoms with van der Waals surface area (Å²) in [6.07, 6.45) is 0. The molecule has 0 aliphatic heterocycles. The Morgan fingerprint density at radius 1 is 0.964 bits per heavy atom. The number of hydrogen-bond acceptors (Lipinski definition) is 6. The second-order valence-electron chi connectivity index (χ2n) is 7.18. The smallest absolute Gasteiger partial charge is 0.115 e. The highest BCUT2D eigenvalue weighted by Gasteiger charge is 2.09. The van der Waals surface area contributed by atoms with E-state index in [1.807, 2.05) is 36.4 Å². The van der Waals surface area contributed by atoms with Crippen LogP contribution in [0.5, 0.6) is 0 Å². The molecule has 142 valence electrons. The number of H-pyrrole nitrogens is 1. The van der Waals surface area contributed by atoms with Gasteiger partial charge in [-0.3, -0.25) is 0 Å². The molecule has 0 aliphatic carbocycles. The number of anilines is 1. The summed E-state index contributed by atoms with van der Waals surface area (Å²) >= 11 is 0. The third-order valence-electron chi connectivity index (χ3n) is 4.52.